The van der Waals surface area contributed by atoms with E-state index < -0.39 is 0 Å². The van der Waals surface area contributed by atoms with Crippen molar-refractivity contribution in [2.24, 2.45) is 0 Å². The minimum Gasteiger partial charge on any atom is -0.508 e. The van der Waals surface area contributed by atoms with Crippen molar-refractivity contribution in [1.29, 1.82) is 0 Å². The lowest BCUT2D eigenvalue weighted by Gasteiger charge is -2.10. The van der Waals surface area contributed by atoms with Gasteiger partial charge in [-0.2, -0.15) is 0 Å². The van der Waals surface area contributed by atoms with Gasteiger partial charge in [-0.1, -0.05) is 63.9 Å². The van der Waals surface area contributed by atoms with Crippen molar-refractivity contribution in [2.45, 2.75) is 6.42 Å². The standard InChI is InChI=1S/C17H12BrClO/c18-16-10-12(9-11-5-7-13(20)8-6-11)17(19)15-4-2-1-3-14(15)16/h1-8,10,20H,9H2. The zero-order valence-corrected chi connectivity index (χ0v) is 12.9. The summed E-state index contributed by atoms with van der Waals surface area (Å²) < 4.78 is 1.05. The first-order chi connectivity index (χ1) is 9.65. The summed E-state index contributed by atoms with van der Waals surface area (Å²) in [5.41, 5.74) is 2.19. The Morgan fingerprint density at radius 2 is 1.60 bits per heavy atom. The quantitative estimate of drug-likeness (QED) is 0.644. The van der Waals surface area contributed by atoms with Crippen LogP contribution in [0.15, 0.2) is 59.1 Å². The van der Waals surface area contributed by atoms with Crippen molar-refractivity contribution < 1.29 is 5.11 Å². The second-order valence-corrected chi connectivity index (χ2v) is 5.95. The monoisotopic (exact) mass is 346 g/mol. The summed E-state index contributed by atoms with van der Waals surface area (Å²) in [7, 11) is 0. The van der Waals surface area contributed by atoms with Crippen LogP contribution in [0.2, 0.25) is 5.02 Å². The largest absolute Gasteiger partial charge is 0.508 e. The molecule has 3 aromatic carbocycles. The third kappa shape index (κ3) is 2.54. The van der Waals surface area contributed by atoms with Crippen molar-refractivity contribution >= 4 is 38.3 Å². The molecule has 0 heterocycles. The molecule has 0 spiro atoms. The molecule has 0 saturated carbocycles. The predicted octanol–water partition coefficient (Wildman–Crippen LogP) is 5.55. The summed E-state index contributed by atoms with van der Waals surface area (Å²) >= 11 is 10.1. The number of benzene rings is 3. The smallest absolute Gasteiger partial charge is 0.115 e. The molecular formula is C17H12BrClO. The predicted molar refractivity (Wildman–Crippen MR) is 87.6 cm³/mol. The Balaban J connectivity index is 2.08. The van der Waals surface area contributed by atoms with Crippen molar-refractivity contribution in [1.82, 2.24) is 0 Å². The maximum atomic E-state index is 9.33. The molecule has 0 bridgehead atoms. The minimum atomic E-state index is 0.277. The second-order valence-electron chi connectivity index (χ2n) is 4.72. The van der Waals surface area contributed by atoms with Crippen LogP contribution < -0.4 is 0 Å². The number of rotatable bonds is 2. The average molecular weight is 348 g/mol. The summed E-state index contributed by atoms with van der Waals surface area (Å²) in [6, 6.07) is 17.4. The molecule has 0 amide bonds. The van der Waals surface area contributed by atoms with Crippen LogP contribution in [0, 0.1) is 0 Å². The molecule has 1 N–H and O–H groups in total. The van der Waals surface area contributed by atoms with Gasteiger partial charge in [-0.15, -0.1) is 0 Å². The van der Waals surface area contributed by atoms with E-state index in [0.29, 0.717) is 0 Å². The van der Waals surface area contributed by atoms with Gasteiger partial charge in [0.05, 0.1) is 5.02 Å². The lowest BCUT2D eigenvalue weighted by Crippen LogP contribution is -1.91. The molecule has 0 atom stereocenters. The molecule has 0 unspecified atom stereocenters. The first kappa shape index (κ1) is 13.5. The molecule has 0 saturated heterocycles. The first-order valence-electron chi connectivity index (χ1n) is 6.28. The summed E-state index contributed by atoms with van der Waals surface area (Å²) in [6.07, 6.45) is 0.739. The average Bonchev–Trinajstić information content (AvgIpc) is 2.47. The van der Waals surface area contributed by atoms with Crippen LogP contribution in [-0.4, -0.2) is 5.11 Å². The van der Waals surface area contributed by atoms with E-state index in [-0.39, 0.29) is 5.75 Å². The summed E-state index contributed by atoms with van der Waals surface area (Å²) in [4.78, 5) is 0. The van der Waals surface area contributed by atoms with Crippen molar-refractivity contribution in [3.63, 3.8) is 0 Å². The van der Waals surface area contributed by atoms with Gasteiger partial charge in [0.25, 0.3) is 0 Å². The molecule has 0 fully saturated rings. The molecule has 3 rings (SSSR count). The summed E-state index contributed by atoms with van der Waals surface area (Å²) in [6.45, 7) is 0. The van der Waals surface area contributed by atoms with Crippen LogP contribution in [0.1, 0.15) is 11.1 Å². The van der Waals surface area contributed by atoms with Gasteiger partial charge < -0.3 is 5.11 Å². The van der Waals surface area contributed by atoms with Gasteiger partial charge in [0.15, 0.2) is 0 Å². The lowest BCUT2D eigenvalue weighted by atomic mass is 10.0. The Kier molecular flexibility index (Phi) is 3.68. The first-order valence-corrected chi connectivity index (χ1v) is 7.46. The molecule has 0 aliphatic carbocycles. The number of hydrogen-bond donors (Lipinski definition) is 1. The van der Waals surface area contributed by atoms with Crippen LogP contribution in [0.25, 0.3) is 10.8 Å². The fourth-order valence-corrected chi connectivity index (χ4v) is 3.22. The van der Waals surface area contributed by atoms with E-state index in [1.54, 1.807) is 12.1 Å². The fraction of sp³-hybridized carbons (Fsp3) is 0.0588. The number of phenolic OH excluding ortho intramolecular Hbond substituents is 1. The third-order valence-electron chi connectivity index (χ3n) is 3.33. The van der Waals surface area contributed by atoms with Crippen LogP contribution >= 0.6 is 27.5 Å². The maximum absolute atomic E-state index is 9.33. The van der Waals surface area contributed by atoms with Gasteiger partial charge in [0, 0.05) is 9.86 Å². The summed E-state index contributed by atoms with van der Waals surface area (Å²) in [5, 5.41) is 12.3. The van der Waals surface area contributed by atoms with Crippen LogP contribution in [-0.2, 0) is 6.42 Å². The van der Waals surface area contributed by atoms with Gasteiger partial charge in [0.1, 0.15) is 5.75 Å². The van der Waals surface area contributed by atoms with E-state index in [2.05, 4.69) is 28.1 Å². The SMILES string of the molecule is Oc1ccc(Cc2cc(Br)c3ccccc3c2Cl)cc1. The van der Waals surface area contributed by atoms with E-state index in [1.165, 1.54) is 0 Å². The molecule has 100 valence electrons. The van der Waals surface area contributed by atoms with Crippen LogP contribution in [0.5, 0.6) is 5.75 Å². The van der Waals surface area contributed by atoms with E-state index in [4.69, 9.17) is 11.6 Å². The molecule has 0 radical (unpaired) electrons. The highest BCUT2D eigenvalue weighted by molar-refractivity contribution is 9.10. The Morgan fingerprint density at radius 1 is 0.950 bits per heavy atom. The summed E-state index contributed by atoms with van der Waals surface area (Å²) in [5.74, 6) is 0.277. The number of hydrogen-bond acceptors (Lipinski definition) is 1. The Bertz CT molecular complexity index is 766. The number of aromatic hydroxyl groups is 1. The number of halogens is 2. The number of fused-ring (bicyclic) bond motifs is 1. The Hall–Kier alpha value is -1.51. The highest BCUT2D eigenvalue weighted by Gasteiger charge is 2.09. The van der Waals surface area contributed by atoms with Crippen molar-refractivity contribution in [2.75, 3.05) is 0 Å². The molecule has 3 heteroatoms. The Morgan fingerprint density at radius 3 is 2.30 bits per heavy atom. The van der Waals surface area contributed by atoms with Gasteiger partial charge >= 0.3 is 0 Å². The van der Waals surface area contributed by atoms with Gasteiger partial charge in [-0.3, -0.25) is 0 Å². The fourth-order valence-electron chi connectivity index (χ4n) is 2.31. The third-order valence-corrected chi connectivity index (χ3v) is 4.44. The van der Waals surface area contributed by atoms with Gasteiger partial charge in [-0.25, -0.2) is 0 Å². The van der Waals surface area contributed by atoms with Crippen molar-refractivity contribution in [3.8, 4) is 5.75 Å². The molecule has 0 aliphatic rings. The van der Waals surface area contributed by atoms with Crippen LogP contribution in [0.4, 0.5) is 0 Å². The van der Waals surface area contributed by atoms with E-state index >= 15 is 0 Å². The topological polar surface area (TPSA) is 20.2 Å². The van der Waals surface area contributed by atoms with E-state index in [9.17, 15) is 5.11 Å². The highest BCUT2D eigenvalue weighted by atomic mass is 79.9. The van der Waals surface area contributed by atoms with E-state index in [1.807, 2.05) is 30.3 Å². The highest BCUT2D eigenvalue weighted by Crippen LogP contribution is 2.34. The van der Waals surface area contributed by atoms with E-state index in [0.717, 1.165) is 37.8 Å². The molecule has 1 nitrogen and oxygen atoms in total. The zero-order valence-electron chi connectivity index (χ0n) is 10.6. The zero-order chi connectivity index (χ0) is 14.1. The normalized spacial score (nSPS) is 10.9. The van der Waals surface area contributed by atoms with Gasteiger partial charge in [0.2, 0.25) is 0 Å². The lowest BCUT2D eigenvalue weighted by molar-refractivity contribution is 0.475. The second kappa shape index (κ2) is 5.47. The molecule has 3 aromatic rings. The number of phenols is 1. The van der Waals surface area contributed by atoms with Crippen LogP contribution in [0.3, 0.4) is 0 Å². The van der Waals surface area contributed by atoms with Gasteiger partial charge in [-0.05, 0) is 41.1 Å². The molecule has 0 aromatic heterocycles. The maximum Gasteiger partial charge on any atom is 0.115 e. The molecule has 0 aliphatic heterocycles. The van der Waals surface area contributed by atoms with Crippen molar-refractivity contribution in [3.05, 3.63) is 75.2 Å². The molecule has 20 heavy (non-hydrogen) atoms. The molecular weight excluding hydrogens is 336 g/mol. The minimum absolute atomic E-state index is 0.277. The Labute approximate surface area is 131 Å².